The summed E-state index contributed by atoms with van der Waals surface area (Å²) in [6.45, 7) is 0. The number of hydrogen-bond acceptors (Lipinski definition) is 4. The van der Waals surface area contributed by atoms with Crippen LogP contribution in [0, 0.1) is 23.7 Å². The molecule has 0 aliphatic heterocycles. The van der Waals surface area contributed by atoms with E-state index < -0.39 is 11.9 Å². The second kappa shape index (κ2) is 8.40. The number of benzene rings is 3. The second-order valence-electron chi connectivity index (χ2n) is 5.81. The highest BCUT2D eigenvalue weighted by Gasteiger charge is 1.94. The molecular weight excluding hydrogens is 352 g/mol. The first-order chi connectivity index (χ1) is 13.5. The van der Waals surface area contributed by atoms with Gasteiger partial charge in [0.05, 0.1) is 11.9 Å². The van der Waals surface area contributed by atoms with Gasteiger partial charge in [-0.25, -0.2) is 0 Å². The third kappa shape index (κ3) is 4.88. The standard InChI is InChI=1S/C24H14O4/c25-23(26)21-13-9-19(10-14-21)7-5-17-1-2-18(4-3-17)6-8-20-11-15-22(16-12-20)24(27)28/h1-4,9-16H,(H,25,26)(H,27,28)/p-2. The van der Waals surface area contributed by atoms with E-state index in [0.29, 0.717) is 11.1 Å². The van der Waals surface area contributed by atoms with Crippen LogP contribution in [0.3, 0.4) is 0 Å². The van der Waals surface area contributed by atoms with Crippen LogP contribution in [0.4, 0.5) is 0 Å². The molecule has 4 heteroatoms. The quantitative estimate of drug-likeness (QED) is 0.640. The van der Waals surface area contributed by atoms with Crippen molar-refractivity contribution in [1.29, 1.82) is 0 Å². The van der Waals surface area contributed by atoms with E-state index in [1.165, 1.54) is 24.3 Å². The molecule has 0 fully saturated rings. The van der Waals surface area contributed by atoms with Gasteiger partial charge in [0.2, 0.25) is 0 Å². The van der Waals surface area contributed by atoms with E-state index in [0.717, 1.165) is 11.1 Å². The van der Waals surface area contributed by atoms with Crippen molar-refractivity contribution in [3.63, 3.8) is 0 Å². The summed E-state index contributed by atoms with van der Waals surface area (Å²) in [5.41, 5.74) is 3.23. The Kier molecular flexibility index (Phi) is 5.55. The molecule has 0 N–H and O–H groups in total. The predicted octanol–water partition coefficient (Wildman–Crippen LogP) is 1.21. The maximum absolute atomic E-state index is 10.7. The van der Waals surface area contributed by atoms with E-state index in [4.69, 9.17) is 0 Å². The number of carboxylic acid groups (broad SMARTS) is 2. The van der Waals surface area contributed by atoms with Crippen LogP contribution < -0.4 is 10.2 Å². The molecule has 0 aromatic heterocycles. The summed E-state index contributed by atoms with van der Waals surface area (Å²) in [5, 5.41) is 21.4. The molecule has 0 aliphatic carbocycles. The fourth-order valence-corrected chi connectivity index (χ4v) is 2.30. The molecule has 0 bridgehead atoms. The molecule has 28 heavy (non-hydrogen) atoms. The first-order valence-corrected chi connectivity index (χ1v) is 8.28. The van der Waals surface area contributed by atoms with E-state index in [1.54, 1.807) is 24.3 Å². The van der Waals surface area contributed by atoms with Gasteiger partial charge < -0.3 is 19.8 Å². The maximum atomic E-state index is 10.7. The minimum absolute atomic E-state index is 0.114. The number of carbonyl (C=O) groups excluding carboxylic acids is 2. The zero-order chi connectivity index (χ0) is 19.9. The lowest BCUT2D eigenvalue weighted by atomic mass is 10.1. The summed E-state index contributed by atoms with van der Waals surface area (Å²) in [6, 6.07) is 19.7. The van der Waals surface area contributed by atoms with Crippen LogP contribution in [-0.4, -0.2) is 11.9 Å². The Morgan fingerprint density at radius 1 is 0.464 bits per heavy atom. The van der Waals surface area contributed by atoms with Gasteiger partial charge in [-0.3, -0.25) is 0 Å². The largest absolute Gasteiger partial charge is 0.545 e. The smallest absolute Gasteiger partial charge is 0.0715 e. The van der Waals surface area contributed by atoms with Gasteiger partial charge in [0.25, 0.3) is 0 Å². The zero-order valence-electron chi connectivity index (χ0n) is 14.6. The van der Waals surface area contributed by atoms with Gasteiger partial charge in [-0.05, 0) is 59.7 Å². The third-order valence-electron chi connectivity index (χ3n) is 3.83. The molecule has 3 rings (SSSR count). The van der Waals surface area contributed by atoms with E-state index in [-0.39, 0.29) is 11.1 Å². The number of hydrogen-bond donors (Lipinski definition) is 0. The Morgan fingerprint density at radius 3 is 0.893 bits per heavy atom. The molecule has 0 unspecified atom stereocenters. The van der Waals surface area contributed by atoms with Gasteiger partial charge in [0.15, 0.2) is 0 Å². The van der Waals surface area contributed by atoms with Crippen LogP contribution in [0.1, 0.15) is 43.0 Å². The van der Waals surface area contributed by atoms with Crippen molar-refractivity contribution in [2.75, 3.05) is 0 Å². The van der Waals surface area contributed by atoms with Crippen molar-refractivity contribution in [2.45, 2.75) is 0 Å². The summed E-state index contributed by atoms with van der Waals surface area (Å²) < 4.78 is 0. The molecule has 0 spiro atoms. The Labute approximate surface area is 162 Å². The average Bonchev–Trinajstić information content (AvgIpc) is 2.72. The van der Waals surface area contributed by atoms with Crippen LogP contribution >= 0.6 is 0 Å². The Hall–Kier alpha value is -4.28. The topological polar surface area (TPSA) is 80.3 Å². The van der Waals surface area contributed by atoms with Crippen molar-refractivity contribution >= 4 is 11.9 Å². The number of rotatable bonds is 2. The van der Waals surface area contributed by atoms with E-state index in [1.807, 2.05) is 24.3 Å². The van der Waals surface area contributed by atoms with Crippen LogP contribution in [0.5, 0.6) is 0 Å². The van der Waals surface area contributed by atoms with Gasteiger partial charge in [-0.1, -0.05) is 47.9 Å². The summed E-state index contributed by atoms with van der Waals surface area (Å²) in [6.07, 6.45) is 0. The third-order valence-corrected chi connectivity index (χ3v) is 3.83. The molecule has 0 saturated carbocycles. The summed E-state index contributed by atoms with van der Waals surface area (Å²) >= 11 is 0. The van der Waals surface area contributed by atoms with Crippen molar-refractivity contribution < 1.29 is 19.8 Å². The first kappa shape index (κ1) is 18.5. The zero-order valence-corrected chi connectivity index (χ0v) is 14.6. The van der Waals surface area contributed by atoms with Crippen molar-refractivity contribution in [2.24, 2.45) is 0 Å². The Balaban J connectivity index is 1.69. The van der Waals surface area contributed by atoms with E-state index in [9.17, 15) is 19.8 Å². The fraction of sp³-hybridized carbons (Fsp3) is 0. The van der Waals surface area contributed by atoms with Crippen molar-refractivity contribution in [3.8, 4) is 23.7 Å². The minimum Gasteiger partial charge on any atom is -0.545 e. The molecule has 4 nitrogen and oxygen atoms in total. The first-order valence-electron chi connectivity index (χ1n) is 8.28. The molecule has 0 heterocycles. The van der Waals surface area contributed by atoms with Crippen LogP contribution in [0.25, 0.3) is 0 Å². The van der Waals surface area contributed by atoms with Crippen LogP contribution in [0.2, 0.25) is 0 Å². The molecule has 0 radical (unpaired) electrons. The van der Waals surface area contributed by atoms with Crippen molar-refractivity contribution in [3.05, 3.63) is 106 Å². The molecule has 0 aliphatic rings. The number of aromatic carboxylic acids is 2. The second-order valence-corrected chi connectivity index (χ2v) is 5.81. The predicted molar refractivity (Wildman–Crippen MR) is 99.9 cm³/mol. The van der Waals surface area contributed by atoms with Crippen molar-refractivity contribution in [1.82, 2.24) is 0 Å². The number of carbonyl (C=O) groups is 2. The lowest BCUT2D eigenvalue weighted by Gasteiger charge is -2.00. The molecule has 3 aromatic rings. The van der Waals surface area contributed by atoms with Crippen LogP contribution in [0.15, 0.2) is 72.8 Å². The number of carboxylic acids is 2. The highest BCUT2D eigenvalue weighted by molar-refractivity contribution is 5.86. The molecule has 0 saturated heterocycles. The lowest BCUT2D eigenvalue weighted by molar-refractivity contribution is -0.256. The molecule has 0 amide bonds. The lowest BCUT2D eigenvalue weighted by Crippen LogP contribution is -2.21. The Morgan fingerprint density at radius 2 is 0.679 bits per heavy atom. The van der Waals surface area contributed by atoms with Gasteiger partial charge >= 0.3 is 0 Å². The van der Waals surface area contributed by atoms with Gasteiger partial charge in [0.1, 0.15) is 0 Å². The summed E-state index contributed by atoms with van der Waals surface area (Å²) in [7, 11) is 0. The van der Waals surface area contributed by atoms with Crippen LogP contribution in [-0.2, 0) is 0 Å². The van der Waals surface area contributed by atoms with E-state index in [2.05, 4.69) is 23.7 Å². The Bertz CT molecular complexity index is 1040. The van der Waals surface area contributed by atoms with Gasteiger partial charge in [-0.15, -0.1) is 0 Å². The molecule has 134 valence electrons. The fourth-order valence-electron chi connectivity index (χ4n) is 2.30. The minimum atomic E-state index is -1.22. The highest BCUT2D eigenvalue weighted by Crippen LogP contribution is 2.06. The molecule has 3 aromatic carbocycles. The molecule has 0 atom stereocenters. The summed E-state index contributed by atoms with van der Waals surface area (Å²) in [5.74, 6) is 9.51. The highest BCUT2D eigenvalue weighted by atomic mass is 16.4. The SMILES string of the molecule is O=C([O-])c1ccc(C#Cc2ccc(C#Cc3ccc(C(=O)[O-])cc3)cc2)cc1. The molecular formula is C24H12O4-2. The maximum Gasteiger partial charge on any atom is 0.0715 e. The normalized spacial score (nSPS) is 9.43. The van der Waals surface area contributed by atoms with E-state index >= 15 is 0 Å². The average molecular weight is 364 g/mol. The summed E-state index contributed by atoms with van der Waals surface area (Å²) in [4.78, 5) is 21.4. The monoisotopic (exact) mass is 364 g/mol. The van der Waals surface area contributed by atoms with Gasteiger partial charge in [0, 0.05) is 22.3 Å². The van der Waals surface area contributed by atoms with Gasteiger partial charge in [-0.2, -0.15) is 0 Å².